The van der Waals surface area contributed by atoms with Crippen LogP contribution in [0.4, 0.5) is 0 Å². The molecule has 0 atom stereocenters. The molecule has 1 aromatic heterocycles. The first kappa shape index (κ1) is 14.5. The average Bonchev–Trinajstić information content (AvgIpc) is 2.54. The van der Waals surface area contributed by atoms with E-state index < -0.39 is 0 Å². The maximum absolute atomic E-state index is 6.01. The third-order valence-electron chi connectivity index (χ3n) is 3.69. The first-order valence-corrected chi connectivity index (χ1v) is 7.54. The number of aromatic nitrogens is 1. The predicted octanol–water partition coefficient (Wildman–Crippen LogP) is 4.10. The Balaban J connectivity index is 2.02. The van der Waals surface area contributed by atoms with Crippen LogP contribution >= 0.6 is 0 Å². The van der Waals surface area contributed by atoms with Gasteiger partial charge in [0, 0.05) is 24.0 Å². The van der Waals surface area contributed by atoms with Crippen LogP contribution in [0.25, 0.3) is 10.9 Å². The van der Waals surface area contributed by atoms with Gasteiger partial charge in [0.15, 0.2) is 5.75 Å². The number of ether oxygens (including phenoxy) is 1. The summed E-state index contributed by atoms with van der Waals surface area (Å²) in [5.74, 6) is 1.63. The number of benzene rings is 2. The van der Waals surface area contributed by atoms with Crippen molar-refractivity contribution in [2.75, 3.05) is 13.6 Å². The Hall–Kier alpha value is -2.39. The van der Waals surface area contributed by atoms with E-state index in [9.17, 15) is 0 Å². The minimum atomic E-state index is 0.800. The lowest BCUT2D eigenvalue weighted by Crippen LogP contribution is -2.12. The highest BCUT2D eigenvalue weighted by Crippen LogP contribution is 2.29. The molecule has 0 aliphatic heterocycles. The van der Waals surface area contributed by atoms with E-state index in [1.54, 1.807) is 0 Å². The molecule has 0 amide bonds. The summed E-state index contributed by atoms with van der Waals surface area (Å²) in [5.41, 5.74) is 3.26. The molecule has 3 rings (SSSR count). The highest BCUT2D eigenvalue weighted by molar-refractivity contribution is 5.85. The Morgan fingerprint density at radius 1 is 1.05 bits per heavy atom. The van der Waals surface area contributed by atoms with E-state index in [0.29, 0.717) is 0 Å². The minimum absolute atomic E-state index is 0.800. The van der Waals surface area contributed by atoms with Gasteiger partial charge in [-0.3, -0.25) is 0 Å². The van der Waals surface area contributed by atoms with Gasteiger partial charge in [0.05, 0.1) is 0 Å². The lowest BCUT2D eigenvalue weighted by molar-refractivity contribution is 0.487. The summed E-state index contributed by atoms with van der Waals surface area (Å²) in [6, 6.07) is 18.1. The van der Waals surface area contributed by atoms with Crippen molar-refractivity contribution in [3.63, 3.8) is 0 Å². The van der Waals surface area contributed by atoms with E-state index in [2.05, 4.69) is 24.4 Å². The van der Waals surface area contributed by atoms with Crippen LogP contribution in [0.3, 0.4) is 0 Å². The topological polar surface area (TPSA) is 34.2 Å². The maximum Gasteiger partial charge on any atom is 0.153 e. The molecule has 0 fully saturated rings. The number of pyridine rings is 1. The zero-order valence-corrected chi connectivity index (χ0v) is 13.0. The van der Waals surface area contributed by atoms with Crippen LogP contribution in [0.5, 0.6) is 11.5 Å². The van der Waals surface area contributed by atoms with Crippen LogP contribution < -0.4 is 10.1 Å². The molecule has 2 aromatic carbocycles. The Bertz CT molecular complexity index is 769. The molecular weight excluding hydrogens is 272 g/mol. The normalized spacial score (nSPS) is 10.8. The summed E-state index contributed by atoms with van der Waals surface area (Å²) in [6.45, 7) is 3.03. The minimum Gasteiger partial charge on any atom is -0.455 e. The number of likely N-dealkylation sites (N-methyl/N-ethyl adjacent to an activating group) is 1. The second-order valence-corrected chi connectivity index (χ2v) is 5.35. The molecule has 0 unspecified atom stereocenters. The highest BCUT2D eigenvalue weighted by atomic mass is 16.5. The van der Waals surface area contributed by atoms with E-state index in [0.717, 1.165) is 41.1 Å². The molecule has 0 spiro atoms. The van der Waals surface area contributed by atoms with Crippen molar-refractivity contribution < 1.29 is 4.74 Å². The largest absolute Gasteiger partial charge is 0.455 e. The highest BCUT2D eigenvalue weighted by Gasteiger charge is 2.08. The van der Waals surface area contributed by atoms with Gasteiger partial charge < -0.3 is 10.1 Å². The van der Waals surface area contributed by atoms with Crippen LogP contribution in [0.1, 0.15) is 11.3 Å². The number of hydrogen-bond acceptors (Lipinski definition) is 3. The van der Waals surface area contributed by atoms with Gasteiger partial charge in [-0.1, -0.05) is 30.3 Å². The molecule has 0 saturated heterocycles. The third-order valence-corrected chi connectivity index (χ3v) is 3.69. The molecule has 1 N–H and O–H groups in total. The smallest absolute Gasteiger partial charge is 0.153 e. The van der Waals surface area contributed by atoms with Crippen molar-refractivity contribution >= 4 is 10.9 Å². The van der Waals surface area contributed by atoms with Crippen molar-refractivity contribution in [1.29, 1.82) is 0 Å². The molecular formula is C19H20N2O. The molecule has 0 aliphatic rings. The van der Waals surface area contributed by atoms with Crippen LogP contribution in [-0.4, -0.2) is 18.6 Å². The third kappa shape index (κ3) is 3.10. The fraction of sp³-hybridized carbons (Fsp3) is 0.211. The zero-order chi connectivity index (χ0) is 15.4. The molecule has 22 heavy (non-hydrogen) atoms. The fourth-order valence-corrected chi connectivity index (χ4v) is 2.51. The van der Waals surface area contributed by atoms with Gasteiger partial charge in [-0.2, -0.15) is 0 Å². The molecule has 0 radical (unpaired) electrons. The molecule has 0 aliphatic carbocycles. The fourth-order valence-electron chi connectivity index (χ4n) is 2.51. The van der Waals surface area contributed by atoms with Crippen LogP contribution in [-0.2, 0) is 6.42 Å². The number of nitrogens with zero attached hydrogens (tertiary/aromatic N) is 1. The van der Waals surface area contributed by atoms with Crippen molar-refractivity contribution in [3.8, 4) is 11.5 Å². The van der Waals surface area contributed by atoms with Crippen molar-refractivity contribution in [2.45, 2.75) is 13.3 Å². The van der Waals surface area contributed by atoms with E-state index in [1.165, 1.54) is 5.56 Å². The molecule has 3 nitrogen and oxygen atoms in total. The SMILES string of the molecule is CNCCc1nc2c(Oc3ccccc3)cccc2cc1C. The first-order chi connectivity index (χ1) is 10.8. The number of rotatable bonds is 5. The van der Waals surface area contributed by atoms with Crippen LogP contribution in [0, 0.1) is 6.92 Å². The van der Waals surface area contributed by atoms with Crippen LogP contribution in [0.15, 0.2) is 54.6 Å². The Kier molecular flexibility index (Phi) is 4.35. The van der Waals surface area contributed by atoms with E-state index in [-0.39, 0.29) is 0 Å². The number of aryl methyl sites for hydroxylation is 1. The zero-order valence-electron chi connectivity index (χ0n) is 13.0. The van der Waals surface area contributed by atoms with Crippen molar-refractivity contribution in [1.82, 2.24) is 10.3 Å². The van der Waals surface area contributed by atoms with Crippen molar-refractivity contribution in [3.05, 3.63) is 65.9 Å². The summed E-state index contributed by atoms with van der Waals surface area (Å²) in [4.78, 5) is 4.84. The summed E-state index contributed by atoms with van der Waals surface area (Å²) < 4.78 is 6.01. The Morgan fingerprint density at radius 3 is 2.64 bits per heavy atom. The van der Waals surface area contributed by atoms with Gasteiger partial charge in [-0.15, -0.1) is 0 Å². The Morgan fingerprint density at radius 2 is 1.86 bits per heavy atom. The first-order valence-electron chi connectivity index (χ1n) is 7.54. The van der Waals surface area contributed by atoms with E-state index >= 15 is 0 Å². The molecule has 0 saturated carbocycles. The monoisotopic (exact) mass is 292 g/mol. The van der Waals surface area contributed by atoms with Crippen LogP contribution in [0.2, 0.25) is 0 Å². The average molecular weight is 292 g/mol. The molecule has 3 aromatic rings. The second kappa shape index (κ2) is 6.58. The van der Waals surface area contributed by atoms with Gasteiger partial charge in [-0.25, -0.2) is 4.98 Å². The summed E-state index contributed by atoms with van der Waals surface area (Å²) >= 11 is 0. The molecule has 3 heteroatoms. The molecule has 0 bridgehead atoms. The van der Waals surface area contributed by atoms with Gasteiger partial charge in [0.2, 0.25) is 0 Å². The quantitative estimate of drug-likeness (QED) is 0.769. The van der Waals surface area contributed by atoms with Gasteiger partial charge in [-0.05, 0) is 43.8 Å². The lowest BCUT2D eigenvalue weighted by Gasteiger charge is -2.11. The van der Waals surface area contributed by atoms with Gasteiger partial charge in [0.25, 0.3) is 0 Å². The maximum atomic E-state index is 6.01. The van der Waals surface area contributed by atoms with Crippen molar-refractivity contribution in [2.24, 2.45) is 0 Å². The summed E-state index contributed by atoms with van der Waals surface area (Å²) in [7, 11) is 1.96. The number of para-hydroxylation sites is 2. The summed E-state index contributed by atoms with van der Waals surface area (Å²) in [6.07, 6.45) is 0.915. The van der Waals surface area contributed by atoms with E-state index in [4.69, 9.17) is 9.72 Å². The van der Waals surface area contributed by atoms with E-state index in [1.807, 2.05) is 49.5 Å². The standard InChI is InChI=1S/C19H20N2O/c1-14-13-15-7-6-10-18(22-16-8-4-3-5-9-16)19(15)21-17(14)11-12-20-2/h3-10,13,20H,11-12H2,1-2H3. The lowest BCUT2D eigenvalue weighted by atomic mass is 10.1. The predicted molar refractivity (Wildman–Crippen MR) is 90.6 cm³/mol. The molecule has 112 valence electrons. The number of fused-ring (bicyclic) bond motifs is 1. The van der Waals surface area contributed by atoms with Gasteiger partial charge in [0.1, 0.15) is 11.3 Å². The molecule has 1 heterocycles. The second-order valence-electron chi connectivity index (χ2n) is 5.35. The number of hydrogen-bond donors (Lipinski definition) is 1. The van der Waals surface area contributed by atoms with Gasteiger partial charge >= 0.3 is 0 Å². The Labute approximate surface area is 131 Å². The number of nitrogens with one attached hydrogen (secondary N) is 1. The summed E-state index contributed by atoms with van der Waals surface area (Å²) in [5, 5.41) is 4.28.